The van der Waals surface area contributed by atoms with Gasteiger partial charge in [0.1, 0.15) is 17.5 Å². The van der Waals surface area contributed by atoms with Gasteiger partial charge in [-0.2, -0.15) is 5.10 Å². The molecule has 0 spiro atoms. The first-order valence-corrected chi connectivity index (χ1v) is 10.5. The number of hydrogen-bond donors (Lipinski definition) is 1. The maximum Gasteiger partial charge on any atom is 0.349 e. The summed E-state index contributed by atoms with van der Waals surface area (Å²) in [5.41, 5.74) is 1.43. The highest BCUT2D eigenvalue weighted by Gasteiger charge is 2.25. The first-order chi connectivity index (χ1) is 15.6. The first-order valence-electron chi connectivity index (χ1n) is 10.2. The van der Waals surface area contributed by atoms with Gasteiger partial charge in [0.05, 0.1) is 11.1 Å². The number of hydrogen-bond acceptors (Lipinski definition) is 4. The van der Waals surface area contributed by atoms with Crippen LogP contribution in [-0.2, 0) is 5.41 Å². The molecule has 166 valence electrons. The number of fused-ring (bicyclic) bond motifs is 3. The second kappa shape index (κ2) is 7.45. The zero-order chi connectivity index (χ0) is 23.5. The van der Waals surface area contributed by atoms with E-state index in [4.69, 9.17) is 21.6 Å². The molecule has 0 saturated heterocycles. The van der Waals surface area contributed by atoms with Gasteiger partial charge in [0.15, 0.2) is 11.3 Å². The van der Waals surface area contributed by atoms with Crippen molar-refractivity contribution in [2.45, 2.75) is 26.2 Å². The van der Waals surface area contributed by atoms with Crippen LogP contribution in [0.1, 0.15) is 26.6 Å². The summed E-state index contributed by atoms with van der Waals surface area (Å²) in [7, 11) is 0. The molecule has 5 rings (SSSR count). The molecule has 1 N–H and O–H groups in total. The van der Waals surface area contributed by atoms with Gasteiger partial charge < -0.3 is 0 Å². The lowest BCUT2D eigenvalue weighted by Gasteiger charge is -2.20. The highest BCUT2D eigenvalue weighted by Crippen LogP contribution is 2.38. The molecule has 3 heterocycles. The lowest BCUT2D eigenvalue weighted by molar-refractivity contribution is 0.535. The largest absolute Gasteiger partial charge is 0.349 e. The average Bonchev–Trinajstić information content (AvgIpc) is 3.13. The van der Waals surface area contributed by atoms with Crippen molar-refractivity contribution in [2.75, 3.05) is 0 Å². The van der Waals surface area contributed by atoms with Crippen LogP contribution >= 0.6 is 11.6 Å². The summed E-state index contributed by atoms with van der Waals surface area (Å²) in [5, 5.41) is 7.53. The third kappa shape index (κ3) is 3.56. The highest BCUT2D eigenvalue weighted by atomic mass is 35.5. The Kier molecular flexibility index (Phi) is 4.79. The number of aromatic amines is 1. The number of pyridine rings is 1. The van der Waals surface area contributed by atoms with Crippen molar-refractivity contribution in [3.63, 3.8) is 0 Å². The van der Waals surface area contributed by atoms with Crippen molar-refractivity contribution in [3.8, 4) is 22.4 Å². The maximum atomic E-state index is 14.1. The Hall–Kier alpha value is -3.65. The predicted octanol–water partition coefficient (Wildman–Crippen LogP) is 5.53. The van der Waals surface area contributed by atoms with Crippen LogP contribution in [0.5, 0.6) is 0 Å². The number of H-pyrrole nitrogens is 1. The van der Waals surface area contributed by atoms with Crippen molar-refractivity contribution < 1.29 is 8.78 Å². The number of benzene rings is 2. The van der Waals surface area contributed by atoms with Gasteiger partial charge in [-0.05, 0) is 29.8 Å². The zero-order valence-corrected chi connectivity index (χ0v) is 18.7. The minimum absolute atomic E-state index is 0.271. The molecule has 0 aliphatic carbocycles. The van der Waals surface area contributed by atoms with Crippen LogP contribution in [0.4, 0.5) is 8.78 Å². The molecule has 0 fully saturated rings. The molecule has 5 aromatic rings. The van der Waals surface area contributed by atoms with Crippen LogP contribution in [0, 0.1) is 11.6 Å². The Labute approximate surface area is 191 Å². The zero-order valence-electron chi connectivity index (χ0n) is 17.9. The average molecular weight is 466 g/mol. The van der Waals surface area contributed by atoms with Crippen LogP contribution in [0.25, 0.3) is 39.1 Å². The number of halogens is 3. The van der Waals surface area contributed by atoms with Gasteiger partial charge in [0, 0.05) is 27.6 Å². The van der Waals surface area contributed by atoms with Crippen molar-refractivity contribution >= 4 is 28.3 Å². The molecule has 0 saturated carbocycles. The summed E-state index contributed by atoms with van der Waals surface area (Å²) < 4.78 is 29.6. The van der Waals surface area contributed by atoms with E-state index in [9.17, 15) is 13.6 Å². The van der Waals surface area contributed by atoms with Crippen LogP contribution in [0.2, 0.25) is 5.02 Å². The topological polar surface area (TPSA) is 75.9 Å². The molecule has 0 bridgehead atoms. The van der Waals surface area contributed by atoms with Crippen molar-refractivity contribution in [2.24, 2.45) is 0 Å². The van der Waals surface area contributed by atoms with E-state index in [2.05, 4.69) is 10.2 Å². The number of aromatic nitrogens is 5. The highest BCUT2D eigenvalue weighted by molar-refractivity contribution is 6.33. The molecule has 2 aromatic carbocycles. The predicted molar refractivity (Wildman–Crippen MR) is 123 cm³/mol. The van der Waals surface area contributed by atoms with E-state index in [1.165, 1.54) is 16.5 Å². The minimum Gasteiger partial charge on any atom is -0.246 e. The molecule has 0 amide bonds. The number of rotatable bonds is 2. The smallest absolute Gasteiger partial charge is 0.246 e. The van der Waals surface area contributed by atoms with Gasteiger partial charge in [-0.3, -0.25) is 0 Å². The van der Waals surface area contributed by atoms with E-state index in [1.54, 1.807) is 30.3 Å². The van der Waals surface area contributed by atoms with Gasteiger partial charge in [0.2, 0.25) is 0 Å². The quantitative estimate of drug-likeness (QED) is 0.372. The van der Waals surface area contributed by atoms with E-state index in [-0.39, 0.29) is 5.56 Å². The molecule has 0 aliphatic rings. The summed E-state index contributed by atoms with van der Waals surface area (Å²) in [4.78, 5) is 22.0. The summed E-state index contributed by atoms with van der Waals surface area (Å²) in [6, 6.07) is 12.0. The Balaban J connectivity index is 1.96. The molecular weight excluding hydrogens is 448 g/mol. The minimum atomic E-state index is -0.724. The van der Waals surface area contributed by atoms with Crippen LogP contribution in [0.3, 0.4) is 0 Å². The molecule has 6 nitrogen and oxygen atoms in total. The van der Waals surface area contributed by atoms with Crippen LogP contribution in [0.15, 0.2) is 53.3 Å². The molecule has 0 atom stereocenters. The van der Waals surface area contributed by atoms with E-state index in [1.807, 2.05) is 20.8 Å². The van der Waals surface area contributed by atoms with Crippen molar-refractivity contribution in [1.82, 2.24) is 24.6 Å². The van der Waals surface area contributed by atoms with Crippen molar-refractivity contribution in [3.05, 3.63) is 81.5 Å². The number of nitrogens with zero attached hydrogens (tertiary/aromatic N) is 4. The number of nitrogens with one attached hydrogen (secondary N) is 1. The van der Waals surface area contributed by atoms with Crippen molar-refractivity contribution in [1.29, 1.82) is 0 Å². The van der Waals surface area contributed by atoms with Gasteiger partial charge in [-0.15, -0.1) is 0 Å². The van der Waals surface area contributed by atoms with Crippen LogP contribution < -0.4 is 5.69 Å². The standard InChI is InChI=1S/C24H18ClF2N5O/c1-24(2,3)22-29-20-17(21-30-31-23(33)32(21)22)11-16(12-8-13(26)10-14(27)9-12)19(28-20)15-6-4-5-7-18(15)25/h4-11H,1-3H3,(H,31,33). The molecule has 33 heavy (non-hydrogen) atoms. The molecule has 0 radical (unpaired) electrons. The fourth-order valence-corrected chi connectivity index (χ4v) is 4.09. The van der Waals surface area contributed by atoms with Crippen LogP contribution in [-0.4, -0.2) is 24.6 Å². The summed E-state index contributed by atoms with van der Waals surface area (Å²) in [6.07, 6.45) is 0. The molecular formula is C24H18ClF2N5O. The Bertz CT molecular complexity index is 1600. The second-order valence-electron chi connectivity index (χ2n) is 8.77. The lowest BCUT2D eigenvalue weighted by Crippen LogP contribution is -2.25. The third-order valence-electron chi connectivity index (χ3n) is 5.31. The van der Waals surface area contributed by atoms with Gasteiger partial charge >= 0.3 is 5.69 Å². The molecule has 0 unspecified atom stereocenters. The molecule has 9 heteroatoms. The molecule has 0 aliphatic heterocycles. The summed E-state index contributed by atoms with van der Waals surface area (Å²) in [6.45, 7) is 5.79. The Morgan fingerprint density at radius 1 is 0.970 bits per heavy atom. The van der Waals surface area contributed by atoms with Gasteiger partial charge in [-0.1, -0.05) is 50.6 Å². The fraction of sp³-hybridized carbons (Fsp3) is 0.167. The fourth-order valence-electron chi connectivity index (χ4n) is 3.87. The van der Waals surface area contributed by atoms with E-state index < -0.39 is 22.7 Å². The maximum absolute atomic E-state index is 14.1. The Morgan fingerprint density at radius 2 is 1.67 bits per heavy atom. The van der Waals surface area contributed by atoms with Gasteiger partial charge in [0.25, 0.3) is 0 Å². The SMILES string of the molecule is CC(C)(C)c1nc2nc(-c3ccccc3Cl)c(-c3cc(F)cc(F)c3)cc2c2n[nH]c(=O)n12. The Morgan fingerprint density at radius 3 is 2.33 bits per heavy atom. The summed E-state index contributed by atoms with van der Waals surface area (Å²) >= 11 is 6.46. The van der Waals surface area contributed by atoms with Gasteiger partial charge in [-0.25, -0.2) is 33.0 Å². The lowest BCUT2D eigenvalue weighted by atomic mass is 9.95. The molecule has 3 aromatic heterocycles. The first kappa shape index (κ1) is 21.2. The normalized spacial score (nSPS) is 12.1. The van der Waals surface area contributed by atoms with E-state index in [0.717, 1.165) is 6.07 Å². The van der Waals surface area contributed by atoms with E-state index in [0.29, 0.717) is 44.3 Å². The monoisotopic (exact) mass is 465 g/mol. The summed E-state index contributed by atoms with van der Waals surface area (Å²) in [5.74, 6) is -0.971. The second-order valence-corrected chi connectivity index (χ2v) is 9.17. The third-order valence-corrected chi connectivity index (χ3v) is 5.64. The van der Waals surface area contributed by atoms with E-state index >= 15 is 0 Å².